The third kappa shape index (κ3) is 3.80. The van der Waals surface area contributed by atoms with Crippen molar-refractivity contribution >= 4 is 17.0 Å². The lowest BCUT2D eigenvalue weighted by molar-refractivity contribution is 0.0670. The quantitative estimate of drug-likeness (QED) is 0.627. The number of piperidine rings is 1. The molecule has 1 aliphatic rings. The summed E-state index contributed by atoms with van der Waals surface area (Å²) in [6.07, 6.45) is 2.77. The Morgan fingerprint density at radius 2 is 1.89 bits per heavy atom. The van der Waals surface area contributed by atoms with Crippen LogP contribution in [0.25, 0.3) is 10.9 Å². The van der Waals surface area contributed by atoms with Gasteiger partial charge in [-0.15, -0.1) is 0 Å². The molecule has 138 valence electrons. The van der Waals surface area contributed by atoms with Gasteiger partial charge in [0.05, 0.1) is 17.3 Å². The number of hydrogen-bond donors (Lipinski definition) is 0. The first kappa shape index (κ1) is 17.5. The molecule has 27 heavy (non-hydrogen) atoms. The molecule has 4 rings (SSSR count). The highest BCUT2D eigenvalue weighted by Crippen LogP contribution is 2.32. The van der Waals surface area contributed by atoms with Crippen molar-refractivity contribution in [2.75, 3.05) is 6.54 Å². The monoisotopic (exact) mass is 360 g/mol. The molecule has 0 aliphatic carbocycles. The molecule has 0 N–H and O–H groups in total. The zero-order valence-electron chi connectivity index (χ0n) is 15.6. The summed E-state index contributed by atoms with van der Waals surface area (Å²) in [6, 6.07) is 20.1. The second-order valence-corrected chi connectivity index (χ2v) is 7.13. The highest BCUT2D eigenvalue weighted by Gasteiger charge is 2.30. The van der Waals surface area contributed by atoms with E-state index in [1.165, 1.54) is 5.56 Å². The fraction of sp³-hybridized carbons (Fsp3) is 0.304. The average molecular weight is 360 g/mol. The Labute approximate surface area is 159 Å². The van der Waals surface area contributed by atoms with Gasteiger partial charge in [0.1, 0.15) is 6.61 Å². The first-order valence-corrected chi connectivity index (χ1v) is 9.56. The van der Waals surface area contributed by atoms with Gasteiger partial charge in [0.25, 0.3) is 0 Å². The zero-order chi connectivity index (χ0) is 18.6. The number of pyridine rings is 1. The van der Waals surface area contributed by atoms with E-state index in [0.29, 0.717) is 13.2 Å². The summed E-state index contributed by atoms with van der Waals surface area (Å²) in [5.41, 5.74) is 4.14. The summed E-state index contributed by atoms with van der Waals surface area (Å²) in [5.74, 6) is 0. The van der Waals surface area contributed by atoms with Gasteiger partial charge in [0.2, 0.25) is 0 Å². The van der Waals surface area contributed by atoms with Crippen LogP contribution in [0.5, 0.6) is 0 Å². The summed E-state index contributed by atoms with van der Waals surface area (Å²) in [5, 5.41) is 1.16. The molecule has 0 spiro atoms. The number of para-hydroxylation sites is 1. The first-order chi connectivity index (χ1) is 13.2. The molecule has 1 amide bonds. The van der Waals surface area contributed by atoms with Crippen molar-refractivity contribution in [1.82, 2.24) is 9.88 Å². The molecule has 1 atom stereocenters. The van der Waals surface area contributed by atoms with Crippen LogP contribution in [-0.4, -0.2) is 22.5 Å². The summed E-state index contributed by atoms with van der Waals surface area (Å²) in [6.45, 7) is 3.12. The van der Waals surface area contributed by atoms with Crippen LogP contribution >= 0.6 is 0 Å². The Kier molecular flexibility index (Phi) is 5.05. The predicted octanol–water partition coefficient (Wildman–Crippen LogP) is 5.41. The van der Waals surface area contributed by atoms with E-state index in [1.807, 2.05) is 53.4 Å². The van der Waals surface area contributed by atoms with Crippen molar-refractivity contribution in [2.24, 2.45) is 0 Å². The van der Waals surface area contributed by atoms with E-state index < -0.39 is 0 Å². The molecule has 1 aliphatic heterocycles. The summed E-state index contributed by atoms with van der Waals surface area (Å²) < 4.78 is 5.60. The third-order valence-corrected chi connectivity index (χ3v) is 5.23. The second kappa shape index (κ2) is 7.78. The molecule has 0 saturated carbocycles. The molecular formula is C23H24N2O2. The number of carbonyl (C=O) groups excluding carboxylic acids is 1. The van der Waals surface area contributed by atoms with Gasteiger partial charge in [-0.1, -0.05) is 48.5 Å². The summed E-state index contributed by atoms with van der Waals surface area (Å²) in [4.78, 5) is 19.5. The molecule has 1 saturated heterocycles. The Morgan fingerprint density at radius 1 is 1.11 bits per heavy atom. The molecule has 2 heterocycles. The van der Waals surface area contributed by atoms with E-state index >= 15 is 0 Å². The topological polar surface area (TPSA) is 42.4 Å². The molecule has 2 aromatic carbocycles. The lowest BCUT2D eigenvalue weighted by atomic mass is 9.97. The Balaban J connectivity index is 1.56. The van der Waals surface area contributed by atoms with Crippen LogP contribution in [0.3, 0.4) is 0 Å². The van der Waals surface area contributed by atoms with Crippen LogP contribution in [0.15, 0.2) is 60.7 Å². The van der Waals surface area contributed by atoms with Gasteiger partial charge in [-0.25, -0.2) is 4.79 Å². The minimum absolute atomic E-state index is 0.0228. The fourth-order valence-electron chi connectivity index (χ4n) is 3.81. The van der Waals surface area contributed by atoms with Gasteiger partial charge >= 0.3 is 6.09 Å². The Morgan fingerprint density at radius 3 is 2.74 bits per heavy atom. The standard InChI is InChI=1S/C23H24N2O2/c1-17-15-21(24-20-12-6-5-11-19(17)20)22-13-7-8-14-25(22)23(26)27-16-18-9-3-2-4-10-18/h2-6,9-12,15,22H,7-8,13-14,16H2,1H3. The molecule has 4 nitrogen and oxygen atoms in total. The van der Waals surface area contributed by atoms with E-state index in [1.54, 1.807) is 0 Å². The first-order valence-electron chi connectivity index (χ1n) is 9.56. The number of nitrogens with zero attached hydrogens (tertiary/aromatic N) is 2. The number of hydrogen-bond acceptors (Lipinski definition) is 3. The van der Waals surface area contributed by atoms with Crippen molar-refractivity contribution in [3.63, 3.8) is 0 Å². The fourth-order valence-corrected chi connectivity index (χ4v) is 3.81. The van der Waals surface area contributed by atoms with Crippen molar-refractivity contribution in [3.8, 4) is 0 Å². The molecule has 0 radical (unpaired) electrons. The molecular weight excluding hydrogens is 336 g/mol. The molecule has 1 fully saturated rings. The van der Waals surface area contributed by atoms with Crippen molar-refractivity contribution in [3.05, 3.63) is 77.5 Å². The number of fused-ring (bicyclic) bond motifs is 1. The normalized spacial score (nSPS) is 17.1. The number of aromatic nitrogens is 1. The molecule has 4 heteroatoms. The van der Waals surface area contributed by atoms with Crippen molar-refractivity contribution in [2.45, 2.75) is 38.8 Å². The molecule has 3 aromatic rings. The minimum atomic E-state index is -0.254. The number of amides is 1. The van der Waals surface area contributed by atoms with Gasteiger partial charge in [-0.05, 0) is 49.4 Å². The largest absolute Gasteiger partial charge is 0.445 e. The maximum absolute atomic E-state index is 12.8. The average Bonchev–Trinajstić information content (AvgIpc) is 2.73. The van der Waals surface area contributed by atoms with Gasteiger partial charge in [0.15, 0.2) is 0 Å². The lowest BCUT2D eigenvalue weighted by Gasteiger charge is -2.34. The Hall–Kier alpha value is -2.88. The zero-order valence-corrected chi connectivity index (χ0v) is 15.6. The number of carbonyl (C=O) groups is 1. The van der Waals surface area contributed by atoms with E-state index in [-0.39, 0.29) is 12.1 Å². The third-order valence-electron chi connectivity index (χ3n) is 5.23. The smallest absolute Gasteiger partial charge is 0.410 e. The predicted molar refractivity (Wildman–Crippen MR) is 106 cm³/mol. The van der Waals surface area contributed by atoms with E-state index in [2.05, 4.69) is 19.1 Å². The lowest BCUT2D eigenvalue weighted by Crippen LogP contribution is -2.39. The number of aryl methyl sites for hydroxylation is 1. The van der Waals surface area contributed by atoms with Crippen LogP contribution in [0.1, 0.15) is 42.1 Å². The van der Waals surface area contributed by atoms with Crippen LogP contribution in [0.4, 0.5) is 4.79 Å². The van der Waals surface area contributed by atoms with E-state index in [4.69, 9.17) is 9.72 Å². The highest BCUT2D eigenvalue weighted by atomic mass is 16.6. The highest BCUT2D eigenvalue weighted by molar-refractivity contribution is 5.82. The van der Waals surface area contributed by atoms with Gasteiger partial charge < -0.3 is 4.74 Å². The van der Waals surface area contributed by atoms with E-state index in [0.717, 1.165) is 41.4 Å². The SMILES string of the molecule is Cc1cc(C2CCCCN2C(=O)OCc2ccccc2)nc2ccccc12. The van der Waals surface area contributed by atoms with Gasteiger partial charge in [-0.2, -0.15) is 0 Å². The Bertz CT molecular complexity index is 940. The molecule has 1 aromatic heterocycles. The van der Waals surface area contributed by atoms with Crippen LogP contribution in [0.2, 0.25) is 0 Å². The van der Waals surface area contributed by atoms with Gasteiger partial charge in [0, 0.05) is 11.9 Å². The number of benzene rings is 2. The molecule has 0 bridgehead atoms. The van der Waals surface area contributed by atoms with E-state index in [9.17, 15) is 4.79 Å². The number of likely N-dealkylation sites (tertiary alicyclic amines) is 1. The number of rotatable bonds is 3. The minimum Gasteiger partial charge on any atom is -0.445 e. The van der Waals surface area contributed by atoms with Crippen LogP contribution in [-0.2, 0) is 11.3 Å². The van der Waals surface area contributed by atoms with Crippen LogP contribution in [0, 0.1) is 6.92 Å². The molecule has 1 unspecified atom stereocenters. The second-order valence-electron chi connectivity index (χ2n) is 7.13. The number of ether oxygens (including phenoxy) is 1. The summed E-state index contributed by atoms with van der Waals surface area (Å²) >= 11 is 0. The maximum Gasteiger partial charge on any atom is 0.410 e. The summed E-state index contributed by atoms with van der Waals surface area (Å²) in [7, 11) is 0. The van der Waals surface area contributed by atoms with Crippen LogP contribution < -0.4 is 0 Å². The maximum atomic E-state index is 12.8. The van der Waals surface area contributed by atoms with Crippen molar-refractivity contribution in [1.29, 1.82) is 0 Å². The van der Waals surface area contributed by atoms with Crippen molar-refractivity contribution < 1.29 is 9.53 Å². The van der Waals surface area contributed by atoms with Gasteiger partial charge in [-0.3, -0.25) is 9.88 Å².